The van der Waals surface area contributed by atoms with Crippen LogP contribution in [0.4, 0.5) is 0 Å². The van der Waals surface area contributed by atoms with E-state index in [4.69, 9.17) is 47.8 Å². The van der Waals surface area contributed by atoms with E-state index in [1.165, 1.54) is 73.0 Å². The molecule has 0 fully saturated rings. The molecule has 0 aliphatic rings. The summed E-state index contributed by atoms with van der Waals surface area (Å²) >= 11 is 20.1. The molecule has 0 N–H and O–H groups in total. The van der Waals surface area contributed by atoms with E-state index >= 15 is 0 Å². The number of nitrogens with zero attached hydrogens (tertiary/aromatic N) is 2. The summed E-state index contributed by atoms with van der Waals surface area (Å²) in [6.45, 7) is 13.1. The molecule has 0 unspecified atom stereocenters. The van der Waals surface area contributed by atoms with Gasteiger partial charge in [0, 0.05) is 26.2 Å². The Morgan fingerprint density at radius 1 is 0.630 bits per heavy atom. The second-order valence-electron chi connectivity index (χ2n) is 6.09. The molecule has 0 aromatic rings. The molecule has 27 heavy (non-hydrogen) atoms. The van der Waals surface area contributed by atoms with Crippen LogP contribution in [0.5, 0.6) is 0 Å². The van der Waals surface area contributed by atoms with Gasteiger partial charge >= 0.3 is 19.5 Å². The zero-order valence-electron chi connectivity index (χ0n) is 17.5. The van der Waals surface area contributed by atoms with Gasteiger partial charge in [-0.3, -0.25) is 21.6 Å². The van der Waals surface area contributed by atoms with Crippen LogP contribution in [0.15, 0.2) is 0 Å². The van der Waals surface area contributed by atoms with Crippen molar-refractivity contribution in [2.45, 2.75) is 79.1 Å². The Labute approximate surface area is 210 Å². The first-order valence-electron chi connectivity index (χ1n) is 9.69. The predicted octanol–water partition coefficient (Wildman–Crippen LogP) is 6.73. The first-order chi connectivity index (χ1) is 12.5. The molecule has 0 spiro atoms. The summed E-state index contributed by atoms with van der Waals surface area (Å²) in [5, 5.41) is 0. The molecule has 2 nitrogen and oxygen atoms in total. The van der Waals surface area contributed by atoms with Crippen LogP contribution >= 0.6 is 46.0 Å². The van der Waals surface area contributed by atoms with Crippen LogP contribution in [-0.4, -0.2) is 44.6 Å². The molecule has 0 saturated heterocycles. The first kappa shape index (κ1) is 33.4. The molecule has 0 atom stereocenters. The van der Waals surface area contributed by atoms with Crippen molar-refractivity contribution >= 4 is 78.0 Å². The second kappa shape index (κ2) is 25.8. The van der Waals surface area contributed by atoms with Gasteiger partial charge < -0.3 is 33.1 Å². The normalized spacial score (nSPS) is 9.70. The van der Waals surface area contributed by atoms with Crippen LogP contribution in [-0.2, 0) is 42.8 Å². The van der Waals surface area contributed by atoms with Crippen molar-refractivity contribution < 1.29 is 19.5 Å². The van der Waals surface area contributed by atoms with Gasteiger partial charge in [0.05, 0.1) is 0 Å². The SMILES string of the molecule is CCCCN(CCCC)C(=S)S[S-].CCCCN(CCCC)C(=S)S[S-].[Zn+2]. The van der Waals surface area contributed by atoms with Crippen LogP contribution in [0.25, 0.3) is 0 Å². The van der Waals surface area contributed by atoms with Gasteiger partial charge in [-0.05, 0) is 25.7 Å². The minimum Gasteiger partial charge on any atom is -0.712 e. The smallest absolute Gasteiger partial charge is 0.712 e. The van der Waals surface area contributed by atoms with Crippen LogP contribution in [0.2, 0.25) is 0 Å². The zero-order chi connectivity index (χ0) is 20.2. The quantitative estimate of drug-likeness (QED) is 0.115. The Bertz CT molecular complexity index is 300. The largest absolute Gasteiger partial charge is 2.00 e. The molecule has 0 rings (SSSR count). The monoisotopic (exact) mass is 536 g/mol. The van der Waals surface area contributed by atoms with E-state index in [0.717, 1.165) is 34.8 Å². The van der Waals surface area contributed by atoms with Gasteiger partial charge in [-0.2, -0.15) is 0 Å². The fraction of sp³-hybridized carbons (Fsp3) is 0.889. The standard InChI is InChI=1S/2C9H19NS3.Zn/c2*1-3-5-7-10(8-6-4-2)9(11)13-12;/h2*12H,3-8H2,1-2H3;/q;;+2/p-2. The maximum Gasteiger partial charge on any atom is 2.00 e. The molecule has 0 bridgehead atoms. The van der Waals surface area contributed by atoms with E-state index in [-0.39, 0.29) is 19.5 Å². The summed E-state index contributed by atoms with van der Waals surface area (Å²) in [6.07, 6.45) is 9.69. The molecule has 0 aromatic carbocycles. The zero-order valence-corrected chi connectivity index (χ0v) is 25.4. The van der Waals surface area contributed by atoms with Crippen molar-refractivity contribution in [3.8, 4) is 0 Å². The van der Waals surface area contributed by atoms with Gasteiger partial charge in [-0.15, -0.1) is 0 Å². The summed E-state index contributed by atoms with van der Waals surface area (Å²) in [6, 6.07) is 0. The molecular formula is C18H36N2S6Zn. The third kappa shape index (κ3) is 20.8. The average molecular weight is 538 g/mol. The van der Waals surface area contributed by atoms with Gasteiger partial charge in [0.25, 0.3) is 0 Å². The van der Waals surface area contributed by atoms with Crippen LogP contribution in [0.3, 0.4) is 0 Å². The van der Waals surface area contributed by atoms with E-state index in [9.17, 15) is 0 Å². The molecule has 0 amide bonds. The molecular weight excluding hydrogens is 502 g/mol. The Morgan fingerprint density at radius 3 is 1.00 bits per heavy atom. The molecule has 0 heterocycles. The van der Waals surface area contributed by atoms with Crippen LogP contribution in [0, 0.1) is 0 Å². The van der Waals surface area contributed by atoms with E-state index in [0.29, 0.717) is 0 Å². The molecule has 0 aromatic heterocycles. The Kier molecular flexibility index (Phi) is 32.0. The van der Waals surface area contributed by atoms with Crippen molar-refractivity contribution in [2.24, 2.45) is 0 Å². The van der Waals surface area contributed by atoms with Gasteiger partial charge in [-0.25, -0.2) is 0 Å². The number of rotatable bonds is 12. The van der Waals surface area contributed by atoms with Crippen LogP contribution in [0.1, 0.15) is 79.1 Å². The van der Waals surface area contributed by atoms with Gasteiger partial charge in [-0.1, -0.05) is 77.8 Å². The summed E-state index contributed by atoms with van der Waals surface area (Å²) in [5.41, 5.74) is 0. The minimum atomic E-state index is 0. The van der Waals surface area contributed by atoms with E-state index in [1.54, 1.807) is 0 Å². The third-order valence-corrected chi connectivity index (χ3v) is 7.18. The van der Waals surface area contributed by atoms with E-state index in [2.05, 4.69) is 37.5 Å². The van der Waals surface area contributed by atoms with Gasteiger partial charge in [0.2, 0.25) is 0 Å². The van der Waals surface area contributed by atoms with Crippen molar-refractivity contribution in [2.75, 3.05) is 26.2 Å². The Balaban J connectivity index is -0.000000411. The third-order valence-electron chi connectivity index (χ3n) is 3.79. The predicted molar refractivity (Wildman–Crippen MR) is 138 cm³/mol. The van der Waals surface area contributed by atoms with E-state index in [1.807, 2.05) is 0 Å². The van der Waals surface area contributed by atoms with Crippen molar-refractivity contribution in [1.29, 1.82) is 0 Å². The second-order valence-corrected chi connectivity index (χ2v) is 9.48. The minimum absolute atomic E-state index is 0. The van der Waals surface area contributed by atoms with Gasteiger partial charge in [0.15, 0.2) is 0 Å². The fourth-order valence-corrected chi connectivity index (χ4v) is 3.66. The maximum absolute atomic E-state index is 5.19. The molecule has 0 aliphatic heterocycles. The topological polar surface area (TPSA) is 6.48 Å². The number of hydrogen-bond donors (Lipinski definition) is 0. The number of hydrogen-bond acceptors (Lipinski definition) is 6. The number of thiocarbonyl (C=S) groups is 2. The van der Waals surface area contributed by atoms with E-state index < -0.39 is 0 Å². The molecule has 0 radical (unpaired) electrons. The van der Waals surface area contributed by atoms with Crippen molar-refractivity contribution in [1.82, 2.24) is 9.80 Å². The fourth-order valence-electron chi connectivity index (χ4n) is 2.09. The molecule has 9 heteroatoms. The first-order valence-corrected chi connectivity index (χ1v) is 14.0. The summed E-state index contributed by atoms with van der Waals surface area (Å²) < 4.78 is 1.74. The Morgan fingerprint density at radius 2 is 0.852 bits per heavy atom. The molecule has 0 aliphatic carbocycles. The number of unbranched alkanes of at least 4 members (excludes halogenated alkanes) is 4. The Hall–Kier alpha value is 1.80. The van der Waals surface area contributed by atoms with Gasteiger partial charge in [0.1, 0.15) is 8.64 Å². The molecule has 156 valence electrons. The summed E-state index contributed by atoms with van der Waals surface area (Å²) in [7, 11) is 2.55. The summed E-state index contributed by atoms with van der Waals surface area (Å²) in [4.78, 5) is 4.47. The summed E-state index contributed by atoms with van der Waals surface area (Å²) in [5.74, 6) is 0. The maximum atomic E-state index is 5.19. The van der Waals surface area contributed by atoms with Crippen molar-refractivity contribution in [3.63, 3.8) is 0 Å². The molecule has 0 saturated carbocycles. The average Bonchev–Trinajstić information content (AvgIpc) is 2.67. The van der Waals surface area contributed by atoms with Crippen LogP contribution < -0.4 is 0 Å². The van der Waals surface area contributed by atoms with Crippen molar-refractivity contribution in [3.05, 3.63) is 0 Å².